The van der Waals surface area contributed by atoms with Gasteiger partial charge in [-0.15, -0.1) is 6.58 Å². The number of aromatic nitrogens is 4. The fourth-order valence-corrected chi connectivity index (χ4v) is 2.59. The lowest BCUT2D eigenvalue weighted by molar-refractivity contribution is 0.474. The number of phenols is 1. The van der Waals surface area contributed by atoms with E-state index in [2.05, 4.69) is 22.1 Å². The predicted octanol–water partition coefficient (Wildman–Crippen LogP) is 0.771. The van der Waals surface area contributed by atoms with Crippen LogP contribution in [-0.2, 0) is 20.6 Å². The zero-order valence-corrected chi connectivity index (χ0v) is 14.4. The average molecular weight is 354 g/mol. The molecular formula is C17H18N6O3. The number of anilines is 1. The van der Waals surface area contributed by atoms with Crippen LogP contribution in [0.5, 0.6) is 5.75 Å². The normalized spacial score (nSPS) is 11.3. The smallest absolute Gasteiger partial charge is 0.332 e. The summed E-state index contributed by atoms with van der Waals surface area (Å²) in [5.74, 6) is 0.374. The minimum atomic E-state index is -0.463. The molecule has 9 heteroatoms. The van der Waals surface area contributed by atoms with E-state index in [4.69, 9.17) is 0 Å². The molecule has 0 radical (unpaired) electrons. The van der Waals surface area contributed by atoms with Crippen molar-refractivity contribution < 1.29 is 5.11 Å². The van der Waals surface area contributed by atoms with E-state index in [1.807, 2.05) is 0 Å². The first kappa shape index (κ1) is 17.2. The second-order valence-corrected chi connectivity index (χ2v) is 5.64. The molecule has 2 N–H and O–H groups in total. The topological polar surface area (TPSA) is 106 Å². The largest absolute Gasteiger partial charge is 0.507 e. The molecule has 0 unspecified atom stereocenters. The maximum absolute atomic E-state index is 12.5. The van der Waals surface area contributed by atoms with Crippen LogP contribution in [0.15, 0.2) is 51.6 Å². The SMILES string of the molecule is C=CCn1c(N/N=C/c2ccccc2O)nc2c1c(=O)n(C)c(=O)n2C. The van der Waals surface area contributed by atoms with Crippen LogP contribution in [0.2, 0.25) is 0 Å². The Morgan fingerprint density at radius 1 is 1.27 bits per heavy atom. The summed E-state index contributed by atoms with van der Waals surface area (Å²) in [5.41, 5.74) is 2.89. The van der Waals surface area contributed by atoms with E-state index in [0.29, 0.717) is 12.1 Å². The molecule has 0 aliphatic carbocycles. The first-order valence-electron chi connectivity index (χ1n) is 7.80. The van der Waals surface area contributed by atoms with Gasteiger partial charge in [0, 0.05) is 26.2 Å². The zero-order valence-electron chi connectivity index (χ0n) is 14.4. The fourth-order valence-electron chi connectivity index (χ4n) is 2.59. The fraction of sp³-hybridized carbons (Fsp3) is 0.176. The first-order chi connectivity index (χ1) is 12.5. The Balaban J connectivity index is 2.10. The van der Waals surface area contributed by atoms with Gasteiger partial charge in [-0.2, -0.15) is 10.1 Å². The molecule has 9 nitrogen and oxygen atoms in total. The van der Waals surface area contributed by atoms with Gasteiger partial charge in [0.1, 0.15) is 5.75 Å². The molecule has 3 rings (SSSR count). The number of aryl methyl sites for hydroxylation is 1. The third kappa shape index (κ3) is 2.79. The Labute approximate surface area is 148 Å². The number of imidazole rings is 1. The van der Waals surface area contributed by atoms with Crippen LogP contribution < -0.4 is 16.7 Å². The van der Waals surface area contributed by atoms with Crippen LogP contribution in [0, 0.1) is 0 Å². The lowest BCUT2D eigenvalue weighted by atomic mass is 10.2. The Kier molecular flexibility index (Phi) is 4.44. The van der Waals surface area contributed by atoms with Gasteiger partial charge in [-0.3, -0.25) is 18.5 Å². The molecule has 0 saturated carbocycles. The van der Waals surface area contributed by atoms with Crippen molar-refractivity contribution in [3.05, 3.63) is 63.3 Å². The number of fused-ring (bicyclic) bond motifs is 1. The highest BCUT2D eigenvalue weighted by Crippen LogP contribution is 2.16. The van der Waals surface area contributed by atoms with E-state index < -0.39 is 11.2 Å². The molecule has 0 spiro atoms. The molecule has 0 atom stereocenters. The second-order valence-electron chi connectivity index (χ2n) is 5.64. The average Bonchev–Trinajstić information content (AvgIpc) is 2.99. The zero-order chi connectivity index (χ0) is 18.8. The van der Waals surface area contributed by atoms with E-state index in [0.717, 1.165) is 4.57 Å². The second kappa shape index (κ2) is 6.71. The number of para-hydroxylation sites is 1. The summed E-state index contributed by atoms with van der Waals surface area (Å²) in [5, 5.41) is 13.8. The summed E-state index contributed by atoms with van der Waals surface area (Å²) in [6, 6.07) is 6.73. The van der Waals surface area contributed by atoms with Gasteiger partial charge >= 0.3 is 5.69 Å². The molecule has 3 aromatic rings. The van der Waals surface area contributed by atoms with Crippen molar-refractivity contribution in [1.82, 2.24) is 18.7 Å². The standard InChI is InChI=1S/C17H18N6O3/c1-4-9-23-13-14(21(2)17(26)22(3)15(13)25)19-16(23)20-18-10-11-7-5-6-8-12(11)24/h4-8,10,24H,1,9H2,2-3H3,(H,19,20)/b18-10+. The van der Waals surface area contributed by atoms with Crippen molar-refractivity contribution in [2.45, 2.75) is 6.54 Å². The van der Waals surface area contributed by atoms with Crippen LogP contribution in [0.1, 0.15) is 5.56 Å². The number of phenolic OH excluding ortho intramolecular Hbond substituents is 1. The van der Waals surface area contributed by atoms with Crippen LogP contribution in [0.3, 0.4) is 0 Å². The van der Waals surface area contributed by atoms with Crippen molar-refractivity contribution in [2.24, 2.45) is 19.2 Å². The highest BCUT2D eigenvalue weighted by Gasteiger charge is 2.18. The van der Waals surface area contributed by atoms with Gasteiger partial charge < -0.3 is 5.11 Å². The predicted molar refractivity (Wildman–Crippen MR) is 99.7 cm³/mol. The Morgan fingerprint density at radius 3 is 2.69 bits per heavy atom. The molecule has 2 heterocycles. The van der Waals surface area contributed by atoms with E-state index in [1.165, 1.54) is 17.8 Å². The van der Waals surface area contributed by atoms with Crippen LogP contribution >= 0.6 is 0 Å². The Morgan fingerprint density at radius 2 is 2.00 bits per heavy atom. The minimum Gasteiger partial charge on any atom is -0.507 e. The lowest BCUT2D eigenvalue weighted by Gasteiger charge is -2.06. The highest BCUT2D eigenvalue weighted by atomic mass is 16.3. The van der Waals surface area contributed by atoms with Gasteiger partial charge in [0.2, 0.25) is 5.95 Å². The van der Waals surface area contributed by atoms with Crippen LogP contribution in [-0.4, -0.2) is 30.0 Å². The molecule has 134 valence electrons. The number of hydrogen-bond acceptors (Lipinski definition) is 6. The maximum atomic E-state index is 12.5. The van der Waals surface area contributed by atoms with Crippen molar-refractivity contribution in [1.29, 1.82) is 0 Å². The highest BCUT2D eigenvalue weighted by molar-refractivity contribution is 5.83. The number of hydrazone groups is 1. The van der Waals surface area contributed by atoms with E-state index in [-0.39, 0.29) is 22.9 Å². The monoisotopic (exact) mass is 354 g/mol. The van der Waals surface area contributed by atoms with Gasteiger partial charge in [-0.1, -0.05) is 18.2 Å². The lowest BCUT2D eigenvalue weighted by Crippen LogP contribution is -2.37. The maximum Gasteiger partial charge on any atom is 0.332 e. The van der Waals surface area contributed by atoms with E-state index in [9.17, 15) is 14.7 Å². The molecule has 1 aromatic carbocycles. The molecule has 0 fully saturated rings. The van der Waals surface area contributed by atoms with Crippen LogP contribution in [0.4, 0.5) is 5.95 Å². The number of nitrogens with zero attached hydrogens (tertiary/aromatic N) is 5. The summed E-state index contributed by atoms with van der Waals surface area (Å²) in [6.07, 6.45) is 3.05. The molecule has 0 bridgehead atoms. The third-order valence-electron chi connectivity index (χ3n) is 3.96. The number of benzene rings is 1. The number of allylic oxidation sites excluding steroid dienone is 1. The quantitative estimate of drug-likeness (QED) is 0.400. The molecule has 26 heavy (non-hydrogen) atoms. The summed E-state index contributed by atoms with van der Waals surface area (Å²) < 4.78 is 3.92. The third-order valence-corrected chi connectivity index (χ3v) is 3.96. The Hall–Kier alpha value is -3.62. The summed E-state index contributed by atoms with van der Waals surface area (Å²) in [6.45, 7) is 3.99. The molecule has 0 saturated heterocycles. The summed E-state index contributed by atoms with van der Waals surface area (Å²) in [4.78, 5) is 28.9. The molecule has 0 amide bonds. The van der Waals surface area contributed by atoms with Crippen molar-refractivity contribution in [2.75, 3.05) is 5.43 Å². The summed E-state index contributed by atoms with van der Waals surface area (Å²) >= 11 is 0. The number of hydrogen-bond donors (Lipinski definition) is 2. The van der Waals surface area contributed by atoms with Crippen LogP contribution in [0.25, 0.3) is 11.2 Å². The molecule has 0 aliphatic rings. The van der Waals surface area contributed by atoms with Crippen molar-refractivity contribution in [3.63, 3.8) is 0 Å². The van der Waals surface area contributed by atoms with Gasteiger partial charge in [0.25, 0.3) is 5.56 Å². The number of nitrogens with one attached hydrogen (secondary N) is 1. The van der Waals surface area contributed by atoms with E-state index in [1.54, 1.807) is 42.0 Å². The Bertz CT molecular complexity index is 1140. The molecular weight excluding hydrogens is 336 g/mol. The summed E-state index contributed by atoms with van der Waals surface area (Å²) in [7, 11) is 2.96. The number of aromatic hydroxyl groups is 1. The molecule has 2 aromatic heterocycles. The van der Waals surface area contributed by atoms with Gasteiger partial charge in [-0.05, 0) is 12.1 Å². The van der Waals surface area contributed by atoms with Crippen molar-refractivity contribution in [3.8, 4) is 5.75 Å². The van der Waals surface area contributed by atoms with Gasteiger partial charge in [0.05, 0.1) is 6.21 Å². The minimum absolute atomic E-state index is 0.0916. The van der Waals surface area contributed by atoms with Crippen molar-refractivity contribution >= 4 is 23.3 Å². The number of rotatable bonds is 5. The van der Waals surface area contributed by atoms with Gasteiger partial charge in [-0.25, -0.2) is 10.2 Å². The van der Waals surface area contributed by atoms with E-state index >= 15 is 0 Å². The molecule has 0 aliphatic heterocycles. The van der Waals surface area contributed by atoms with Gasteiger partial charge in [0.15, 0.2) is 11.2 Å². The first-order valence-corrected chi connectivity index (χ1v) is 7.80.